The smallest absolute Gasteiger partial charge is 0.248 e. The van der Waals surface area contributed by atoms with Gasteiger partial charge in [-0.25, -0.2) is 0 Å². The van der Waals surface area contributed by atoms with Crippen molar-refractivity contribution in [2.45, 2.75) is 26.4 Å². The van der Waals surface area contributed by atoms with Gasteiger partial charge in [-0.2, -0.15) is 0 Å². The molecule has 2 rings (SSSR count). The molecule has 3 N–H and O–H groups in total. The molecule has 0 bridgehead atoms. The van der Waals surface area contributed by atoms with E-state index in [-0.39, 0.29) is 6.04 Å². The Hall–Kier alpha value is -1.36. The number of nitrogens with one attached hydrogen (secondary N) is 1. The Morgan fingerprint density at radius 2 is 2.15 bits per heavy atom. The molecule has 1 atom stereocenters. The van der Waals surface area contributed by atoms with E-state index >= 15 is 0 Å². The van der Waals surface area contributed by atoms with E-state index in [0.717, 1.165) is 5.56 Å². The molecule has 0 spiro atoms. The molecule has 0 saturated heterocycles. The van der Waals surface area contributed by atoms with Crippen LogP contribution in [0.15, 0.2) is 30.3 Å². The Bertz CT molecular complexity index is 624. The number of carbonyl (C=O) groups excluding carboxylic acids is 1. The second-order valence-electron chi connectivity index (χ2n) is 4.72. The number of halogens is 1. The molecule has 20 heavy (non-hydrogen) atoms. The lowest BCUT2D eigenvalue weighted by molar-refractivity contribution is 0.100. The van der Waals surface area contributed by atoms with Gasteiger partial charge in [0.1, 0.15) is 0 Å². The molecular formula is C15H17ClN2OS. The van der Waals surface area contributed by atoms with E-state index < -0.39 is 5.91 Å². The van der Waals surface area contributed by atoms with Crippen LogP contribution < -0.4 is 11.1 Å². The molecule has 5 heteroatoms. The second kappa shape index (κ2) is 6.39. The molecule has 1 aromatic heterocycles. The van der Waals surface area contributed by atoms with Gasteiger partial charge >= 0.3 is 0 Å². The first kappa shape index (κ1) is 15.0. The zero-order valence-electron chi connectivity index (χ0n) is 11.4. The normalized spacial score (nSPS) is 12.3. The maximum atomic E-state index is 11.1. The fourth-order valence-corrected chi connectivity index (χ4v) is 3.05. The first-order valence-electron chi connectivity index (χ1n) is 6.35. The van der Waals surface area contributed by atoms with Gasteiger partial charge in [-0.15, -0.1) is 11.3 Å². The topological polar surface area (TPSA) is 55.1 Å². The van der Waals surface area contributed by atoms with Crippen LogP contribution in [0.1, 0.15) is 38.6 Å². The lowest BCUT2D eigenvalue weighted by Crippen LogP contribution is -2.18. The van der Waals surface area contributed by atoms with E-state index in [1.807, 2.05) is 6.07 Å². The Labute approximate surface area is 127 Å². The van der Waals surface area contributed by atoms with Crippen LogP contribution in [0.2, 0.25) is 5.02 Å². The molecule has 0 aliphatic rings. The zero-order chi connectivity index (χ0) is 14.7. The van der Waals surface area contributed by atoms with E-state index in [9.17, 15) is 4.79 Å². The number of nitrogens with two attached hydrogens (primary N) is 1. The van der Waals surface area contributed by atoms with Crippen molar-refractivity contribution < 1.29 is 4.79 Å². The summed E-state index contributed by atoms with van der Waals surface area (Å²) in [6, 6.07) is 9.66. The van der Waals surface area contributed by atoms with Gasteiger partial charge in [-0.1, -0.05) is 17.7 Å². The van der Waals surface area contributed by atoms with Crippen LogP contribution in [-0.4, -0.2) is 5.91 Å². The SMILES string of the molecule is Cc1ccc(C(C)NCc2ccc(C(N)=O)cc2Cl)s1. The maximum absolute atomic E-state index is 11.1. The van der Waals surface area contributed by atoms with Crippen molar-refractivity contribution in [2.24, 2.45) is 5.73 Å². The number of rotatable bonds is 5. The van der Waals surface area contributed by atoms with Crippen LogP contribution in [0.5, 0.6) is 0 Å². The lowest BCUT2D eigenvalue weighted by atomic mass is 10.1. The van der Waals surface area contributed by atoms with Crippen molar-refractivity contribution in [1.29, 1.82) is 0 Å². The van der Waals surface area contributed by atoms with Crippen LogP contribution in [0.4, 0.5) is 0 Å². The number of carbonyl (C=O) groups is 1. The van der Waals surface area contributed by atoms with Gasteiger partial charge in [0, 0.05) is 32.9 Å². The highest BCUT2D eigenvalue weighted by atomic mass is 35.5. The Morgan fingerprint density at radius 3 is 2.70 bits per heavy atom. The van der Waals surface area contributed by atoms with Gasteiger partial charge in [0.25, 0.3) is 0 Å². The van der Waals surface area contributed by atoms with Gasteiger partial charge in [-0.05, 0) is 43.7 Å². The van der Waals surface area contributed by atoms with E-state index in [1.165, 1.54) is 9.75 Å². The summed E-state index contributed by atoms with van der Waals surface area (Å²) >= 11 is 7.95. The molecule has 1 heterocycles. The number of amides is 1. The van der Waals surface area contributed by atoms with Crippen LogP contribution in [0, 0.1) is 6.92 Å². The number of thiophene rings is 1. The molecule has 1 amide bonds. The third-order valence-electron chi connectivity index (χ3n) is 3.12. The summed E-state index contributed by atoms with van der Waals surface area (Å²) in [4.78, 5) is 13.7. The summed E-state index contributed by atoms with van der Waals surface area (Å²) in [5, 5.41) is 3.99. The summed E-state index contributed by atoms with van der Waals surface area (Å²) in [7, 11) is 0. The third kappa shape index (κ3) is 3.60. The van der Waals surface area contributed by atoms with Crippen molar-refractivity contribution >= 4 is 28.8 Å². The summed E-state index contributed by atoms with van der Waals surface area (Å²) in [5.41, 5.74) is 6.61. The first-order chi connectivity index (χ1) is 9.47. The fraction of sp³-hybridized carbons (Fsp3) is 0.267. The molecule has 106 valence electrons. The summed E-state index contributed by atoms with van der Waals surface area (Å²) < 4.78 is 0. The third-order valence-corrected chi connectivity index (χ3v) is 4.66. The van der Waals surface area contributed by atoms with E-state index in [2.05, 4.69) is 31.3 Å². The molecule has 0 aliphatic carbocycles. The highest BCUT2D eigenvalue weighted by molar-refractivity contribution is 7.12. The van der Waals surface area contributed by atoms with Crippen LogP contribution in [0.25, 0.3) is 0 Å². The summed E-state index contributed by atoms with van der Waals surface area (Å²) in [5.74, 6) is -0.464. The van der Waals surface area contributed by atoms with Crippen molar-refractivity contribution in [3.05, 3.63) is 56.2 Å². The first-order valence-corrected chi connectivity index (χ1v) is 7.55. The van der Waals surface area contributed by atoms with Crippen molar-refractivity contribution in [1.82, 2.24) is 5.32 Å². The summed E-state index contributed by atoms with van der Waals surface area (Å²) in [6.45, 7) is 4.87. The predicted molar refractivity (Wildman–Crippen MR) is 84.3 cm³/mol. The van der Waals surface area contributed by atoms with Gasteiger partial charge < -0.3 is 11.1 Å². The Kier molecular flexibility index (Phi) is 4.81. The van der Waals surface area contributed by atoms with Crippen LogP contribution in [-0.2, 0) is 6.54 Å². The number of primary amides is 1. The number of benzene rings is 1. The molecule has 0 saturated carbocycles. The van der Waals surface area contributed by atoms with Gasteiger partial charge in [0.05, 0.1) is 0 Å². The fourth-order valence-electron chi connectivity index (χ4n) is 1.89. The quantitative estimate of drug-likeness (QED) is 0.885. The van der Waals surface area contributed by atoms with E-state index in [1.54, 1.807) is 23.5 Å². The second-order valence-corrected chi connectivity index (χ2v) is 6.45. The molecule has 0 radical (unpaired) electrons. The zero-order valence-corrected chi connectivity index (χ0v) is 13.0. The minimum Gasteiger partial charge on any atom is -0.366 e. The predicted octanol–water partition coefficient (Wildman–Crippen LogP) is 3.66. The highest BCUT2D eigenvalue weighted by Gasteiger charge is 2.09. The molecule has 3 nitrogen and oxygen atoms in total. The number of hydrogen-bond acceptors (Lipinski definition) is 3. The van der Waals surface area contributed by atoms with Gasteiger partial charge in [-0.3, -0.25) is 4.79 Å². The summed E-state index contributed by atoms with van der Waals surface area (Å²) in [6.07, 6.45) is 0. The average molecular weight is 309 g/mol. The van der Waals surface area contributed by atoms with E-state index in [4.69, 9.17) is 17.3 Å². The lowest BCUT2D eigenvalue weighted by Gasteiger charge is -2.13. The monoisotopic (exact) mass is 308 g/mol. The molecule has 1 aromatic carbocycles. The van der Waals surface area contributed by atoms with Crippen molar-refractivity contribution in [3.63, 3.8) is 0 Å². The molecule has 0 fully saturated rings. The number of hydrogen-bond donors (Lipinski definition) is 2. The minimum absolute atomic E-state index is 0.264. The molecular weight excluding hydrogens is 292 g/mol. The average Bonchev–Trinajstić information content (AvgIpc) is 2.83. The Balaban J connectivity index is 2.02. The standard InChI is InChI=1S/C15H17ClN2OS/c1-9-3-6-14(20-9)10(2)18-8-12-5-4-11(15(17)19)7-13(12)16/h3-7,10,18H,8H2,1-2H3,(H2,17,19). The largest absolute Gasteiger partial charge is 0.366 e. The number of aryl methyl sites for hydroxylation is 1. The molecule has 1 unspecified atom stereocenters. The Morgan fingerprint density at radius 1 is 1.40 bits per heavy atom. The van der Waals surface area contributed by atoms with Gasteiger partial charge in [0.2, 0.25) is 5.91 Å². The van der Waals surface area contributed by atoms with E-state index in [0.29, 0.717) is 17.1 Å². The van der Waals surface area contributed by atoms with Crippen LogP contribution >= 0.6 is 22.9 Å². The molecule has 0 aliphatic heterocycles. The maximum Gasteiger partial charge on any atom is 0.248 e. The van der Waals surface area contributed by atoms with Crippen LogP contribution in [0.3, 0.4) is 0 Å². The molecule has 2 aromatic rings. The minimum atomic E-state index is -0.464. The van der Waals surface area contributed by atoms with Gasteiger partial charge in [0.15, 0.2) is 0 Å². The van der Waals surface area contributed by atoms with Crippen molar-refractivity contribution in [2.75, 3.05) is 0 Å². The van der Waals surface area contributed by atoms with Crippen molar-refractivity contribution in [3.8, 4) is 0 Å². The highest BCUT2D eigenvalue weighted by Crippen LogP contribution is 2.24.